The summed E-state index contributed by atoms with van der Waals surface area (Å²) in [6, 6.07) is 7.61. The first-order chi connectivity index (χ1) is 7.70. The van der Waals surface area contributed by atoms with E-state index in [4.69, 9.17) is 0 Å². The number of hydrogen-bond donors (Lipinski definition) is 1. The lowest BCUT2D eigenvalue weighted by molar-refractivity contribution is 0.129. The predicted octanol–water partition coefficient (Wildman–Crippen LogP) is 2.37. The average molecular weight is 277 g/mol. The zero-order valence-electron chi connectivity index (χ0n) is 8.34. The molecule has 1 aliphatic rings. The van der Waals surface area contributed by atoms with Crippen LogP contribution in [0.15, 0.2) is 47.2 Å². The van der Waals surface area contributed by atoms with E-state index < -0.39 is 5.60 Å². The molecule has 0 bridgehead atoms. The molecular formula is C12H9BrN2O. The quantitative estimate of drug-likeness (QED) is 0.869. The molecular weight excluding hydrogens is 268 g/mol. The van der Waals surface area contributed by atoms with Crippen LogP contribution in [0.3, 0.4) is 0 Å². The molecule has 2 aromatic rings. The second kappa shape index (κ2) is 3.30. The molecule has 0 fully saturated rings. The largest absolute Gasteiger partial charge is 0.373 e. The molecule has 3 nitrogen and oxygen atoms in total. The lowest BCUT2D eigenvalue weighted by Crippen LogP contribution is -2.24. The van der Waals surface area contributed by atoms with Gasteiger partial charge >= 0.3 is 0 Å². The molecule has 1 atom stereocenters. The number of halogens is 1. The van der Waals surface area contributed by atoms with Crippen molar-refractivity contribution in [1.29, 1.82) is 0 Å². The molecule has 0 amide bonds. The smallest absolute Gasteiger partial charge is 0.168 e. The number of nitrogens with zero attached hydrogens (tertiary/aromatic N) is 2. The Balaban J connectivity index is 2.18. The lowest BCUT2D eigenvalue weighted by Gasteiger charge is -2.20. The van der Waals surface area contributed by atoms with Gasteiger partial charge in [-0.15, -0.1) is 0 Å². The Morgan fingerprint density at radius 3 is 3.06 bits per heavy atom. The predicted molar refractivity (Wildman–Crippen MR) is 64.7 cm³/mol. The van der Waals surface area contributed by atoms with Crippen molar-refractivity contribution < 1.29 is 5.11 Å². The normalized spacial score (nSPS) is 22.4. The number of rotatable bonds is 1. The first-order valence-corrected chi connectivity index (χ1v) is 5.70. The Hall–Kier alpha value is -1.39. The third-order valence-electron chi connectivity index (χ3n) is 2.75. The van der Waals surface area contributed by atoms with Crippen molar-refractivity contribution in [2.45, 2.75) is 5.60 Å². The van der Waals surface area contributed by atoms with Crippen molar-refractivity contribution in [2.24, 2.45) is 0 Å². The Morgan fingerprint density at radius 1 is 1.38 bits per heavy atom. The Kier molecular flexibility index (Phi) is 2.02. The van der Waals surface area contributed by atoms with Crippen molar-refractivity contribution in [3.05, 3.63) is 58.6 Å². The summed E-state index contributed by atoms with van der Waals surface area (Å²) in [5, 5.41) is 10.6. The van der Waals surface area contributed by atoms with E-state index in [2.05, 4.69) is 20.9 Å². The van der Waals surface area contributed by atoms with Gasteiger partial charge in [-0.05, 0) is 23.8 Å². The highest BCUT2D eigenvalue weighted by atomic mass is 79.9. The van der Waals surface area contributed by atoms with E-state index in [0.717, 1.165) is 10.0 Å². The molecule has 4 heteroatoms. The maximum Gasteiger partial charge on any atom is 0.168 e. The van der Waals surface area contributed by atoms with Gasteiger partial charge in [0.25, 0.3) is 0 Å². The molecule has 80 valence electrons. The molecule has 1 N–H and O–H groups in total. The van der Waals surface area contributed by atoms with Crippen molar-refractivity contribution in [2.75, 3.05) is 0 Å². The second-order valence-corrected chi connectivity index (χ2v) is 4.67. The monoisotopic (exact) mass is 276 g/mol. The summed E-state index contributed by atoms with van der Waals surface area (Å²) in [6.45, 7) is 0. The third kappa shape index (κ3) is 1.27. The molecule has 3 rings (SSSR count). The number of imidazole rings is 1. The number of benzene rings is 1. The van der Waals surface area contributed by atoms with Crippen LogP contribution < -0.4 is 0 Å². The van der Waals surface area contributed by atoms with Gasteiger partial charge in [0, 0.05) is 23.1 Å². The molecule has 0 saturated carbocycles. The van der Waals surface area contributed by atoms with E-state index >= 15 is 0 Å². The fourth-order valence-electron chi connectivity index (χ4n) is 1.94. The molecule has 1 aliphatic heterocycles. The van der Waals surface area contributed by atoms with Gasteiger partial charge in [0.2, 0.25) is 0 Å². The zero-order valence-corrected chi connectivity index (χ0v) is 9.92. The molecule has 16 heavy (non-hydrogen) atoms. The summed E-state index contributed by atoms with van der Waals surface area (Å²) in [5.74, 6) is 0.630. The molecule has 0 radical (unpaired) electrons. The van der Waals surface area contributed by atoms with Crippen LogP contribution in [0.2, 0.25) is 0 Å². The van der Waals surface area contributed by atoms with Crippen LogP contribution in [0.5, 0.6) is 0 Å². The fraction of sp³-hybridized carbons (Fsp3) is 0.0833. The van der Waals surface area contributed by atoms with Gasteiger partial charge < -0.3 is 9.67 Å². The van der Waals surface area contributed by atoms with Crippen molar-refractivity contribution in [1.82, 2.24) is 9.55 Å². The first kappa shape index (κ1) is 9.81. The van der Waals surface area contributed by atoms with Crippen LogP contribution >= 0.6 is 15.9 Å². The maximum absolute atomic E-state index is 10.6. The zero-order chi connectivity index (χ0) is 11.2. The summed E-state index contributed by atoms with van der Waals surface area (Å²) in [4.78, 5) is 4.19. The molecule has 1 aromatic heterocycles. The third-order valence-corrected chi connectivity index (χ3v) is 3.24. The molecule has 2 heterocycles. The van der Waals surface area contributed by atoms with E-state index in [-0.39, 0.29) is 0 Å². The van der Waals surface area contributed by atoms with Crippen molar-refractivity contribution in [3.8, 4) is 0 Å². The fourth-order valence-corrected chi connectivity index (χ4v) is 2.34. The standard InChI is InChI=1S/C12H9BrN2O/c13-10-3-1-2-9(8-10)12(16)4-6-15-7-5-14-11(12)15/h1-8,16H. The molecule has 0 saturated heterocycles. The number of fused-ring (bicyclic) bond motifs is 1. The Bertz CT molecular complexity index is 576. The van der Waals surface area contributed by atoms with E-state index in [1.54, 1.807) is 12.3 Å². The van der Waals surface area contributed by atoms with Gasteiger partial charge in [-0.2, -0.15) is 0 Å². The highest BCUT2D eigenvalue weighted by molar-refractivity contribution is 9.10. The van der Waals surface area contributed by atoms with Crippen LogP contribution in [0.1, 0.15) is 11.4 Å². The van der Waals surface area contributed by atoms with E-state index in [9.17, 15) is 5.11 Å². The number of hydrogen-bond acceptors (Lipinski definition) is 2. The average Bonchev–Trinajstić information content (AvgIpc) is 2.84. The minimum absolute atomic E-state index is 0.630. The maximum atomic E-state index is 10.6. The minimum Gasteiger partial charge on any atom is -0.373 e. The molecule has 0 aliphatic carbocycles. The van der Waals surface area contributed by atoms with Gasteiger partial charge in [0.05, 0.1) is 0 Å². The summed E-state index contributed by atoms with van der Waals surface area (Å²) in [5.41, 5.74) is -0.309. The Morgan fingerprint density at radius 2 is 2.25 bits per heavy atom. The minimum atomic E-state index is -1.12. The Labute approximate surface area is 101 Å². The molecule has 1 unspecified atom stereocenters. The highest BCUT2D eigenvalue weighted by Crippen LogP contribution is 2.35. The van der Waals surface area contributed by atoms with Gasteiger partial charge in [0.1, 0.15) is 0 Å². The summed E-state index contributed by atoms with van der Waals surface area (Å²) >= 11 is 3.40. The van der Waals surface area contributed by atoms with E-state index in [1.165, 1.54) is 0 Å². The lowest BCUT2D eigenvalue weighted by atomic mass is 9.94. The van der Waals surface area contributed by atoms with Crippen LogP contribution in [-0.4, -0.2) is 14.7 Å². The molecule has 0 spiro atoms. The van der Waals surface area contributed by atoms with E-state index in [0.29, 0.717) is 5.82 Å². The van der Waals surface area contributed by atoms with Crippen LogP contribution in [0.4, 0.5) is 0 Å². The number of aliphatic hydroxyl groups is 1. The van der Waals surface area contributed by atoms with Gasteiger partial charge in [-0.1, -0.05) is 28.1 Å². The van der Waals surface area contributed by atoms with Crippen LogP contribution in [0.25, 0.3) is 6.20 Å². The topological polar surface area (TPSA) is 38.0 Å². The number of aromatic nitrogens is 2. The first-order valence-electron chi connectivity index (χ1n) is 4.91. The summed E-state index contributed by atoms with van der Waals surface area (Å²) in [6.07, 6.45) is 7.07. The highest BCUT2D eigenvalue weighted by Gasteiger charge is 2.36. The second-order valence-electron chi connectivity index (χ2n) is 3.75. The van der Waals surface area contributed by atoms with Gasteiger partial charge in [-0.3, -0.25) is 0 Å². The molecule has 1 aromatic carbocycles. The van der Waals surface area contributed by atoms with Crippen LogP contribution in [0, 0.1) is 0 Å². The van der Waals surface area contributed by atoms with Crippen molar-refractivity contribution in [3.63, 3.8) is 0 Å². The summed E-state index contributed by atoms with van der Waals surface area (Å²) in [7, 11) is 0. The van der Waals surface area contributed by atoms with Crippen LogP contribution in [-0.2, 0) is 5.60 Å². The summed E-state index contributed by atoms with van der Waals surface area (Å²) < 4.78 is 2.76. The van der Waals surface area contributed by atoms with E-state index in [1.807, 2.05) is 41.2 Å². The van der Waals surface area contributed by atoms with Crippen molar-refractivity contribution >= 4 is 22.1 Å². The SMILES string of the molecule is OC1(c2cccc(Br)c2)C=Cn2ccnc21. The van der Waals surface area contributed by atoms with Gasteiger partial charge in [-0.25, -0.2) is 4.98 Å². The van der Waals surface area contributed by atoms with Gasteiger partial charge in [0.15, 0.2) is 11.4 Å².